The van der Waals surface area contributed by atoms with Crippen molar-refractivity contribution in [3.63, 3.8) is 0 Å². The number of aliphatic carboxylic acids is 1. The Hall–Kier alpha value is -7.05. The van der Waals surface area contributed by atoms with Crippen LogP contribution >= 0.6 is 0 Å². The molecule has 3 rings (SSSR count). The molecule has 2 aliphatic heterocycles. The van der Waals surface area contributed by atoms with Crippen molar-refractivity contribution in [2.75, 3.05) is 26.4 Å². The molecule has 0 bridgehead atoms. The van der Waals surface area contributed by atoms with Gasteiger partial charge in [0, 0.05) is 19.9 Å². The Morgan fingerprint density at radius 2 is 1.04 bits per heavy atom. The van der Waals surface area contributed by atoms with Crippen LogP contribution in [0.2, 0.25) is 0 Å². The summed E-state index contributed by atoms with van der Waals surface area (Å²) in [6.07, 6.45) is -14.5. The van der Waals surface area contributed by atoms with Crippen LogP contribution < -0.4 is 58.9 Å². The molecule has 2 heterocycles. The minimum atomic E-state index is -1.94. The molecule has 21 atom stereocenters. The highest BCUT2D eigenvalue weighted by Gasteiger charge is 2.52. The van der Waals surface area contributed by atoms with E-state index in [1.165, 1.54) is 27.7 Å². The third-order valence-corrected chi connectivity index (χ3v) is 16.1. The number of nitrogens with one attached hydrogen (secondary N) is 10. The summed E-state index contributed by atoms with van der Waals surface area (Å²) < 4.78 is 22.7. The number of hydrogen-bond acceptors (Lipinski definition) is 22. The monoisotopic (exact) mass is 1340 g/mol. The van der Waals surface area contributed by atoms with E-state index in [2.05, 4.69) is 53.2 Å². The Bertz CT molecular complexity index is 2660. The number of carboxylic acid groups (broad SMARTS) is 1. The number of hydrogen-bond donors (Lipinski definition) is 18. The van der Waals surface area contributed by atoms with Crippen molar-refractivity contribution < 1.29 is 107 Å². The van der Waals surface area contributed by atoms with E-state index in [-0.39, 0.29) is 50.5 Å². The first-order valence-corrected chi connectivity index (χ1v) is 31.7. The van der Waals surface area contributed by atoms with Crippen molar-refractivity contribution in [1.29, 1.82) is 0 Å². The lowest BCUT2D eigenvalue weighted by atomic mass is 9.94. The van der Waals surface area contributed by atoms with E-state index < -0.39 is 207 Å². The maximum Gasteiger partial charge on any atom is 0.326 e. The van der Waals surface area contributed by atoms with Gasteiger partial charge in [0.25, 0.3) is 0 Å². The lowest BCUT2D eigenvalue weighted by Crippen LogP contribution is -2.68. The highest BCUT2D eigenvalue weighted by Crippen LogP contribution is 2.30. The highest BCUT2D eigenvalue weighted by molar-refractivity contribution is 5.98. The van der Waals surface area contributed by atoms with Crippen LogP contribution in [0.1, 0.15) is 120 Å². The van der Waals surface area contributed by atoms with Gasteiger partial charge in [-0.2, -0.15) is 0 Å². The molecule has 19 N–H and O–H groups in total. The number of aliphatic hydroxyl groups is 6. The molecular weight excluding hydrogens is 1240 g/mol. The summed E-state index contributed by atoms with van der Waals surface area (Å²) in [4.78, 5) is 148. The van der Waals surface area contributed by atoms with Crippen molar-refractivity contribution >= 4 is 65.0 Å². The van der Waals surface area contributed by atoms with E-state index in [1.54, 1.807) is 65.0 Å². The van der Waals surface area contributed by atoms with E-state index >= 15 is 0 Å². The van der Waals surface area contributed by atoms with Crippen molar-refractivity contribution in [2.45, 2.75) is 237 Å². The summed E-state index contributed by atoms with van der Waals surface area (Å²) in [5, 5.41) is 97.7. The molecule has 0 aliphatic carbocycles. The largest absolute Gasteiger partial charge is 0.480 e. The molecule has 0 saturated carbocycles. The molecule has 0 spiro atoms. The zero-order chi connectivity index (χ0) is 70.8. The van der Waals surface area contributed by atoms with E-state index in [1.807, 2.05) is 6.92 Å². The SMILES string of the molecule is CC[C@H](C)[C@H](NC(=O)[C@H](C)N)C(=O)N[C@H](C(=O)N[C@@H](C)C(=O)N[C@@H](CCCCNC(=O)CO[C@H]1O[C@H](CO)[C@H](O)[C@H](O[C@@H]2O[C@H](CO)[C@H](O)[C@H](O)[C@H]2O)[C@H]1NC(C)=O)C(=O)N[C@@H](Cc1ccccc1)C(=O)N[C@@H](C)C(=O)N[C@@H](C)C(=O)N[C@@H](CC(C)C)C(=O)O)[C@@H](C)CC. The Morgan fingerprint density at radius 3 is 1.56 bits per heavy atom. The number of nitrogens with two attached hydrogens (primary N) is 1. The first kappa shape index (κ1) is 81.2. The standard InChI is InChI=1S/C61H101N11O22/c1-12-29(5)43(72-58(88)44(30(6)13-2)71-51(81)31(7)62)57(87)66-34(10)53(83)68-37(55(85)69-38(24-36-19-15-14-16-20-36)56(86)65-32(8)52(82)64-33(9)54(84)70-39(59(89)90)23-28(3)4)21-17-18-22-63-42(76)27-91-60-45(67-35(11)75)50(47(78)41(26-74)92-60)94-61-49(80)48(79)46(77)40(25-73)93-61/h14-16,19-20,28-34,37-41,43-50,60-61,73-74,77-80H,12-13,17-18,21-27,62H2,1-11H3,(H,63,76)(H,64,82)(H,65,86)(H,66,87)(H,67,75)(H,68,83)(H,69,85)(H,70,84)(H,71,81)(H,72,88)(H,89,90)/t29-,30-,31-,32-,33-,34-,37-,38-,39-,40+,41+,43-,44-,45+,46-,47-,48-,49+,50+,60-,61-/m0/s1. The van der Waals surface area contributed by atoms with Gasteiger partial charge in [-0.3, -0.25) is 47.9 Å². The lowest BCUT2D eigenvalue weighted by molar-refractivity contribution is -0.344. The molecule has 33 heteroatoms. The summed E-state index contributed by atoms with van der Waals surface area (Å²) in [6.45, 7) is 14.5. The van der Waals surface area contributed by atoms with Gasteiger partial charge < -0.3 is 114 Å². The Morgan fingerprint density at radius 1 is 0.564 bits per heavy atom. The lowest BCUT2D eigenvalue weighted by Gasteiger charge is -2.47. The second-order valence-electron chi connectivity index (χ2n) is 24.5. The molecule has 2 saturated heterocycles. The van der Waals surface area contributed by atoms with Crippen LogP contribution in [-0.4, -0.2) is 243 Å². The normalized spacial score (nSPS) is 24.7. The highest BCUT2D eigenvalue weighted by atomic mass is 16.7. The fourth-order valence-corrected chi connectivity index (χ4v) is 9.98. The second-order valence-corrected chi connectivity index (χ2v) is 24.5. The molecule has 1 aromatic rings. The van der Waals surface area contributed by atoms with Crippen molar-refractivity contribution in [1.82, 2.24) is 53.2 Å². The summed E-state index contributed by atoms with van der Waals surface area (Å²) in [7, 11) is 0. The smallest absolute Gasteiger partial charge is 0.326 e. The first-order chi connectivity index (χ1) is 44.2. The molecule has 0 aromatic heterocycles. The Balaban J connectivity index is 1.88. The predicted molar refractivity (Wildman–Crippen MR) is 333 cm³/mol. The van der Waals surface area contributed by atoms with Crippen LogP contribution in [0.5, 0.6) is 0 Å². The quantitative estimate of drug-likeness (QED) is 0.0275. The van der Waals surface area contributed by atoms with E-state index in [4.69, 9.17) is 24.7 Å². The molecule has 10 amide bonds. The average Bonchev–Trinajstić information content (AvgIpc) is 0.827. The number of rotatable bonds is 38. The van der Waals surface area contributed by atoms with Crippen LogP contribution in [0.15, 0.2) is 30.3 Å². The molecule has 33 nitrogen and oxygen atoms in total. The van der Waals surface area contributed by atoms with Gasteiger partial charge in [0.2, 0.25) is 59.1 Å². The molecule has 2 aliphatic rings. The molecule has 1 aromatic carbocycles. The van der Waals surface area contributed by atoms with Crippen molar-refractivity contribution in [3.05, 3.63) is 35.9 Å². The van der Waals surface area contributed by atoms with Crippen molar-refractivity contribution in [3.8, 4) is 0 Å². The summed E-state index contributed by atoms with van der Waals surface area (Å²) in [6, 6.07) is -4.40. The fraction of sp³-hybridized carbons (Fsp3) is 0.721. The van der Waals surface area contributed by atoms with E-state index in [0.717, 1.165) is 6.92 Å². The summed E-state index contributed by atoms with van der Waals surface area (Å²) in [5.41, 5.74) is 6.33. The molecule has 532 valence electrons. The fourth-order valence-electron chi connectivity index (χ4n) is 9.98. The van der Waals surface area contributed by atoms with Gasteiger partial charge in [-0.05, 0) is 76.7 Å². The number of carbonyl (C=O) groups excluding carboxylic acids is 10. The average molecular weight is 1340 g/mol. The second kappa shape index (κ2) is 39.7. The zero-order valence-corrected chi connectivity index (χ0v) is 55.2. The van der Waals surface area contributed by atoms with Crippen LogP contribution in [0, 0.1) is 17.8 Å². The molecule has 0 unspecified atom stereocenters. The number of unbranched alkanes of at least 4 members (excludes halogenated alkanes) is 1. The van der Waals surface area contributed by atoms with Gasteiger partial charge in [-0.15, -0.1) is 0 Å². The van der Waals surface area contributed by atoms with Crippen LogP contribution in [-0.2, 0) is 78.1 Å². The number of carbonyl (C=O) groups is 11. The molecule has 0 radical (unpaired) electrons. The van der Waals surface area contributed by atoms with Gasteiger partial charge in [0.15, 0.2) is 12.6 Å². The summed E-state index contributed by atoms with van der Waals surface area (Å²) >= 11 is 0. The maximum atomic E-state index is 14.6. The van der Waals surface area contributed by atoms with Crippen LogP contribution in [0.25, 0.3) is 0 Å². The molecular formula is C61H101N11O22. The number of amides is 10. The predicted octanol–water partition coefficient (Wildman–Crippen LogP) is -5.19. The van der Waals surface area contributed by atoms with Crippen LogP contribution in [0.4, 0.5) is 0 Å². The number of ether oxygens (including phenoxy) is 4. The van der Waals surface area contributed by atoms with Gasteiger partial charge >= 0.3 is 5.97 Å². The number of carboxylic acids is 1. The minimum Gasteiger partial charge on any atom is -0.480 e. The van der Waals surface area contributed by atoms with Gasteiger partial charge in [-0.25, -0.2) is 4.79 Å². The van der Waals surface area contributed by atoms with E-state index in [9.17, 15) is 88.5 Å². The third kappa shape index (κ3) is 25.3. The third-order valence-electron chi connectivity index (χ3n) is 16.1. The van der Waals surface area contributed by atoms with Gasteiger partial charge in [0.1, 0.15) is 104 Å². The molecule has 2 fully saturated rings. The topological polar surface area (TPSA) is 513 Å². The first-order valence-electron chi connectivity index (χ1n) is 31.7. The van der Waals surface area contributed by atoms with Gasteiger partial charge in [0.05, 0.1) is 19.3 Å². The maximum absolute atomic E-state index is 14.6. The molecule has 94 heavy (non-hydrogen) atoms. The Labute approximate surface area is 546 Å². The summed E-state index contributed by atoms with van der Waals surface area (Å²) in [5.74, 6) is -10.1. The van der Waals surface area contributed by atoms with Crippen molar-refractivity contribution in [2.24, 2.45) is 23.5 Å². The minimum absolute atomic E-state index is 0.0752. The van der Waals surface area contributed by atoms with Gasteiger partial charge in [-0.1, -0.05) is 84.7 Å². The number of aliphatic hydroxyl groups excluding tert-OH is 6. The Kier molecular flexibility index (Phi) is 34.3. The zero-order valence-electron chi connectivity index (χ0n) is 55.2. The van der Waals surface area contributed by atoms with Crippen LogP contribution in [0.3, 0.4) is 0 Å². The van der Waals surface area contributed by atoms with E-state index in [0.29, 0.717) is 18.4 Å². The number of benzene rings is 1.